The fourth-order valence-electron chi connectivity index (χ4n) is 3.93. The number of carbonyl (C=O) groups excluding carboxylic acids is 1. The second-order valence-corrected chi connectivity index (χ2v) is 9.43. The number of aromatic amines is 1. The molecule has 0 spiro atoms. The van der Waals surface area contributed by atoms with Crippen LogP contribution in [0.25, 0.3) is 21.3 Å². The highest BCUT2D eigenvalue weighted by Gasteiger charge is 2.30. The summed E-state index contributed by atoms with van der Waals surface area (Å²) >= 11 is 1.41. The normalized spacial score (nSPS) is 13.6. The molecule has 1 aromatic carbocycles. The summed E-state index contributed by atoms with van der Waals surface area (Å²) in [5, 5.41) is 1.61. The molecule has 0 bridgehead atoms. The largest absolute Gasteiger partial charge is 0.361 e. The topological polar surface area (TPSA) is 61.9 Å². The molecule has 0 aliphatic heterocycles. The van der Waals surface area contributed by atoms with Gasteiger partial charge in [0.1, 0.15) is 11.5 Å². The maximum atomic E-state index is 13.7. The molecule has 1 fully saturated rings. The predicted molar refractivity (Wildman–Crippen MR) is 121 cm³/mol. The molecule has 5 rings (SSSR count). The third-order valence-corrected chi connectivity index (χ3v) is 6.79. The van der Waals surface area contributed by atoms with Gasteiger partial charge in [-0.25, -0.2) is 14.4 Å². The van der Waals surface area contributed by atoms with Crippen molar-refractivity contribution in [3.8, 4) is 10.4 Å². The van der Waals surface area contributed by atoms with E-state index < -0.39 is 5.95 Å². The molecule has 5 nitrogen and oxygen atoms in total. The lowest BCUT2D eigenvalue weighted by Crippen LogP contribution is -2.35. The van der Waals surface area contributed by atoms with Crippen molar-refractivity contribution in [3.63, 3.8) is 0 Å². The summed E-state index contributed by atoms with van der Waals surface area (Å²) in [6.07, 6.45) is 6.16. The van der Waals surface area contributed by atoms with E-state index in [4.69, 9.17) is 0 Å². The van der Waals surface area contributed by atoms with E-state index in [1.165, 1.54) is 35.7 Å². The number of H-pyrrole nitrogens is 1. The van der Waals surface area contributed by atoms with Gasteiger partial charge < -0.3 is 9.88 Å². The molecular weight excluding hydrogens is 430 g/mol. The minimum absolute atomic E-state index is 0.133. The number of thiazole rings is 1. The number of nitrogens with one attached hydrogen (secondary N) is 1. The van der Waals surface area contributed by atoms with Crippen LogP contribution >= 0.6 is 11.3 Å². The molecule has 32 heavy (non-hydrogen) atoms. The van der Waals surface area contributed by atoms with E-state index in [2.05, 4.69) is 15.0 Å². The lowest BCUT2D eigenvalue weighted by Gasteiger charge is -2.22. The fourth-order valence-corrected chi connectivity index (χ4v) is 4.83. The number of halogens is 2. The molecule has 3 heterocycles. The van der Waals surface area contributed by atoms with Crippen molar-refractivity contribution >= 4 is 28.1 Å². The van der Waals surface area contributed by atoms with E-state index in [0.717, 1.165) is 34.3 Å². The third kappa shape index (κ3) is 4.27. The molecule has 1 saturated carbocycles. The highest BCUT2D eigenvalue weighted by Crippen LogP contribution is 2.33. The maximum absolute atomic E-state index is 13.7. The Morgan fingerprint density at radius 3 is 2.84 bits per heavy atom. The average molecular weight is 453 g/mol. The van der Waals surface area contributed by atoms with Gasteiger partial charge in [0.15, 0.2) is 0 Å². The SMILES string of the molecule is Cc1nc(C(=O)N(CCc2c[nH]c3ccc(F)cc23)CC2CC2)c(-c2ccc(F)nc2)s1. The molecule has 0 unspecified atom stereocenters. The van der Waals surface area contributed by atoms with E-state index in [0.29, 0.717) is 41.6 Å². The smallest absolute Gasteiger partial charge is 0.274 e. The zero-order valence-electron chi connectivity index (χ0n) is 17.6. The first-order chi connectivity index (χ1) is 15.5. The van der Waals surface area contributed by atoms with Crippen LogP contribution in [0.1, 0.15) is 33.9 Å². The Bertz CT molecular complexity index is 1280. The first kappa shape index (κ1) is 20.8. The number of nitrogens with zero attached hydrogens (tertiary/aromatic N) is 3. The number of aryl methyl sites for hydroxylation is 1. The third-order valence-electron chi connectivity index (χ3n) is 5.77. The fraction of sp³-hybridized carbons (Fsp3) is 0.292. The number of aromatic nitrogens is 3. The van der Waals surface area contributed by atoms with Gasteiger partial charge in [-0.2, -0.15) is 4.39 Å². The van der Waals surface area contributed by atoms with Crippen molar-refractivity contribution in [2.75, 3.05) is 13.1 Å². The number of rotatable bonds is 7. The number of pyridine rings is 1. The van der Waals surface area contributed by atoms with Gasteiger partial charge in [-0.15, -0.1) is 11.3 Å². The predicted octanol–water partition coefficient (Wildman–Crippen LogP) is 5.37. The minimum Gasteiger partial charge on any atom is -0.361 e. The van der Waals surface area contributed by atoms with E-state index in [1.54, 1.807) is 12.1 Å². The Kier molecular flexibility index (Phi) is 5.46. The zero-order chi connectivity index (χ0) is 22.2. The number of fused-ring (bicyclic) bond motifs is 1. The van der Waals surface area contributed by atoms with Crippen LogP contribution in [0.3, 0.4) is 0 Å². The number of carbonyl (C=O) groups is 1. The van der Waals surface area contributed by atoms with E-state index in [1.807, 2.05) is 18.0 Å². The summed E-state index contributed by atoms with van der Waals surface area (Å²) in [7, 11) is 0. The Balaban J connectivity index is 1.41. The summed E-state index contributed by atoms with van der Waals surface area (Å²) in [5.74, 6) is -0.463. The van der Waals surface area contributed by atoms with Crippen LogP contribution < -0.4 is 0 Å². The second-order valence-electron chi connectivity index (χ2n) is 8.23. The number of hydrogen-bond acceptors (Lipinski definition) is 4. The van der Waals surface area contributed by atoms with E-state index in [9.17, 15) is 13.6 Å². The lowest BCUT2D eigenvalue weighted by atomic mass is 10.1. The Labute approximate surface area is 188 Å². The van der Waals surface area contributed by atoms with Crippen LogP contribution in [0.2, 0.25) is 0 Å². The van der Waals surface area contributed by atoms with Crippen LogP contribution in [0.15, 0.2) is 42.7 Å². The molecule has 1 aliphatic carbocycles. The van der Waals surface area contributed by atoms with E-state index in [-0.39, 0.29) is 11.7 Å². The van der Waals surface area contributed by atoms with Gasteiger partial charge in [0.25, 0.3) is 5.91 Å². The summed E-state index contributed by atoms with van der Waals surface area (Å²) < 4.78 is 27.0. The van der Waals surface area contributed by atoms with E-state index >= 15 is 0 Å². The molecule has 0 saturated heterocycles. The van der Waals surface area contributed by atoms with Crippen molar-refractivity contribution in [2.45, 2.75) is 26.2 Å². The van der Waals surface area contributed by atoms with Crippen molar-refractivity contribution in [2.24, 2.45) is 5.92 Å². The maximum Gasteiger partial charge on any atom is 0.274 e. The Morgan fingerprint density at radius 2 is 2.09 bits per heavy atom. The molecule has 4 aromatic rings. The second kappa shape index (κ2) is 8.43. The van der Waals surface area contributed by atoms with Gasteiger partial charge in [0, 0.05) is 41.9 Å². The zero-order valence-corrected chi connectivity index (χ0v) is 18.4. The van der Waals surface area contributed by atoms with Gasteiger partial charge in [0.05, 0.1) is 9.88 Å². The lowest BCUT2D eigenvalue weighted by molar-refractivity contribution is 0.0745. The van der Waals surface area contributed by atoms with Gasteiger partial charge >= 0.3 is 0 Å². The first-order valence-electron chi connectivity index (χ1n) is 10.6. The molecule has 0 atom stereocenters. The molecule has 164 valence electrons. The first-order valence-corrected chi connectivity index (χ1v) is 11.4. The van der Waals surface area contributed by atoms with Gasteiger partial charge in [-0.1, -0.05) is 0 Å². The van der Waals surface area contributed by atoms with Crippen LogP contribution in [0, 0.1) is 24.6 Å². The highest BCUT2D eigenvalue weighted by molar-refractivity contribution is 7.15. The van der Waals surface area contributed by atoms with Crippen LogP contribution in [0.5, 0.6) is 0 Å². The molecule has 8 heteroatoms. The van der Waals surface area contributed by atoms with Crippen LogP contribution in [-0.4, -0.2) is 38.8 Å². The van der Waals surface area contributed by atoms with Gasteiger partial charge in [0.2, 0.25) is 5.95 Å². The Morgan fingerprint density at radius 1 is 1.25 bits per heavy atom. The van der Waals surface area contributed by atoms with Crippen molar-refractivity contribution in [1.82, 2.24) is 19.9 Å². The van der Waals surface area contributed by atoms with Gasteiger partial charge in [-0.05, 0) is 68.0 Å². The molecule has 1 N–H and O–H groups in total. The summed E-state index contributed by atoms with van der Waals surface area (Å²) in [5.41, 5.74) is 2.92. The van der Waals surface area contributed by atoms with Crippen LogP contribution in [-0.2, 0) is 6.42 Å². The molecule has 1 aliphatic rings. The Hall–Kier alpha value is -3.13. The number of hydrogen-bond donors (Lipinski definition) is 1. The van der Waals surface area contributed by atoms with Crippen molar-refractivity contribution in [1.29, 1.82) is 0 Å². The number of amides is 1. The van der Waals surface area contributed by atoms with Crippen molar-refractivity contribution < 1.29 is 13.6 Å². The van der Waals surface area contributed by atoms with Crippen molar-refractivity contribution in [3.05, 3.63) is 70.8 Å². The average Bonchev–Trinajstić information content (AvgIpc) is 3.39. The standard InChI is InChI=1S/C24H22F2N4OS/c1-14-29-22(23(32-14)17-4-7-21(26)28-12-17)24(31)30(13-15-2-3-15)9-8-16-11-27-20-6-5-18(25)10-19(16)20/h4-7,10-12,15,27H,2-3,8-9,13H2,1H3. The molecular formula is C24H22F2N4OS. The number of benzene rings is 1. The monoisotopic (exact) mass is 452 g/mol. The molecule has 1 amide bonds. The summed E-state index contributed by atoms with van der Waals surface area (Å²) in [4.78, 5) is 27.5. The molecule has 0 radical (unpaired) electrons. The summed E-state index contributed by atoms with van der Waals surface area (Å²) in [6, 6.07) is 7.59. The van der Waals surface area contributed by atoms with Gasteiger partial charge in [-0.3, -0.25) is 4.79 Å². The van der Waals surface area contributed by atoms with Crippen LogP contribution in [0.4, 0.5) is 8.78 Å². The summed E-state index contributed by atoms with van der Waals surface area (Å²) in [6.45, 7) is 3.04. The minimum atomic E-state index is -0.562. The quantitative estimate of drug-likeness (QED) is 0.384. The molecule has 3 aromatic heterocycles. The highest BCUT2D eigenvalue weighted by atomic mass is 32.1.